The van der Waals surface area contributed by atoms with E-state index in [0.29, 0.717) is 16.1 Å². The van der Waals surface area contributed by atoms with Crippen molar-refractivity contribution in [3.63, 3.8) is 0 Å². The molecular formula is C18H23Cl2NO4. The maximum Gasteiger partial charge on any atom is 0.310 e. The number of hydrogen-bond donors (Lipinski definition) is 0. The zero-order valence-electron chi connectivity index (χ0n) is 14.6. The summed E-state index contributed by atoms with van der Waals surface area (Å²) in [5.74, 6) is -0.531. The predicted octanol–water partition coefficient (Wildman–Crippen LogP) is 3.33. The Bertz CT molecular complexity index is 642. The van der Waals surface area contributed by atoms with E-state index in [9.17, 15) is 4.79 Å². The molecule has 2 aliphatic heterocycles. The van der Waals surface area contributed by atoms with Gasteiger partial charge in [0.15, 0.2) is 0 Å². The van der Waals surface area contributed by atoms with Crippen molar-refractivity contribution >= 4 is 29.2 Å². The first-order chi connectivity index (χ1) is 12.0. The van der Waals surface area contributed by atoms with Gasteiger partial charge in [-0.05, 0) is 37.6 Å². The van der Waals surface area contributed by atoms with Crippen LogP contribution in [0.1, 0.15) is 24.3 Å². The van der Waals surface area contributed by atoms with E-state index in [1.165, 1.54) is 7.11 Å². The van der Waals surface area contributed by atoms with E-state index in [1.54, 1.807) is 13.2 Å². The van der Waals surface area contributed by atoms with Gasteiger partial charge in [0, 0.05) is 25.1 Å². The van der Waals surface area contributed by atoms with Crippen LogP contribution in [0.25, 0.3) is 0 Å². The summed E-state index contributed by atoms with van der Waals surface area (Å²) < 4.78 is 16.1. The Morgan fingerprint density at radius 2 is 2.00 bits per heavy atom. The van der Waals surface area contributed by atoms with Gasteiger partial charge in [0.25, 0.3) is 0 Å². The van der Waals surface area contributed by atoms with Crippen molar-refractivity contribution < 1.29 is 19.0 Å². The lowest BCUT2D eigenvalue weighted by atomic mass is 9.76. The second-order valence-electron chi connectivity index (χ2n) is 6.72. The molecule has 0 spiro atoms. The Morgan fingerprint density at radius 3 is 2.64 bits per heavy atom. The second kappa shape index (κ2) is 7.80. The minimum absolute atomic E-state index is 0.0181. The molecule has 0 aliphatic carbocycles. The molecule has 2 bridgehead atoms. The molecule has 2 heterocycles. The Morgan fingerprint density at radius 1 is 1.24 bits per heavy atom. The van der Waals surface area contributed by atoms with Crippen molar-refractivity contribution in [2.45, 2.75) is 36.9 Å². The monoisotopic (exact) mass is 387 g/mol. The highest BCUT2D eigenvalue weighted by molar-refractivity contribution is 6.42. The van der Waals surface area contributed by atoms with Crippen molar-refractivity contribution in [3.8, 4) is 0 Å². The van der Waals surface area contributed by atoms with Gasteiger partial charge in [-0.1, -0.05) is 29.3 Å². The average molecular weight is 388 g/mol. The molecule has 2 saturated heterocycles. The lowest BCUT2D eigenvalue weighted by Crippen LogP contribution is -2.52. The maximum atomic E-state index is 12.7. The number of hydrogen-bond acceptors (Lipinski definition) is 5. The Balaban J connectivity index is 1.96. The summed E-state index contributed by atoms with van der Waals surface area (Å²) in [5, 5.41) is 1.01. The van der Waals surface area contributed by atoms with E-state index < -0.39 is 0 Å². The van der Waals surface area contributed by atoms with Crippen molar-refractivity contribution in [1.82, 2.24) is 4.90 Å². The van der Waals surface area contributed by atoms with E-state index >= 15 is 0 Å². The summed E-state index contributed by atoms with van der Waals surface area (Å²) in [5.41, 5.74) is 1.01. The number of nitrogens with zero attached hydrogens (tertiary/aromatic N) is 1. The number of fused-ring (bicyclic) bond motifs is 2. The molecule has 0 radical (unpaired) electrons. The lowest BCUT2D eigenvalue weighted by Gasteiger charge is -2.42. The molecule has 0 amide bonds. The van der Waals surface area contributed by atoms with Crippen molar-refractivity contribution in [2.24, 2.45) is 5.92 Å². The number of carbonyl (C=O) groups excluding carboxylic acids is 1. The van der Waals surface area contributed by atoms with E-state index in [0.717, 1.165) is 18.4 Å². The normalized spacial score (nSPS) is 32.0. The fourth-order valence-corrected chi connectivity index (χ4v) is 4.66. The largest absolute Gasteiger partial charge is 0.469 e. The van der Waals surface area contributed by atoms with Crippen molar-refractivity contribution in [2.75, 3.05) is 28.1 Å². The van der Waals surface area contributed by atoms with Crippen LogP contribution in [0.2, 0.25) is 10.0 Å². The molecule has 1 aromatic rings. The molecule has 3 rings (SSSR count). The number of esters is 1. The first kappa shape index (κ1) is 18.9. The van der Waals surface area contributed by atoms with Crippen LogP contribution in [0.3, 0.4) is 0 Å². The Labute approximate surface area is 158 Å². The topological polar surface area (TPSA) is 48.0 Å². The highest BCUT2D eigenvalue weighted by atomic mass is 35.5. The number of benzene rings is 1. The Kier molecular flexibility index (Phi) is 5.91. The zero-order valence-corrected chi connectivity index (χ0v) is 16.1. The minimum Gasteiger partial charge on any atom is -0.469 e. The molecule has 0 saturated carbocycles. The highest BCUT2D eigenvalue weighted by Gasteiger charge is 2.54. The average Bonchev–Trinajstić information content (AvgIpc) is 2.80. The van der Waals surface area contributed by atoms with Crippen LogP contribution in [-0.2, 0) is 19.0 Å². The first-order valence-corrected chi connectivity index (χ1v) is 9.08. The van der Waals surface area contributed by atoms with Crippen LogP contribution in [0.5, 0.6) is 0 Å². The number of piperidine rings is 1. The maximum absolute atomic E-state index is 12.7. The summed E-state index contributed by atoms with van der Waals surface area (Å²) in [6, 6.07) is 5.88. The first-order valence-electron chi connectivity index (χ1n) is 8.33. The quantitative estimate of drug-likeness (QED) is 0.572. The van der Waals surface area contributed by atoms with E-state index in [4.69, 9.17) is 37.4 Å². The predicted molar refractivity (Wildman–Crippen MR) is 96.0 cm³/mol. The summed E-state index contributed by atoms with van der Waals surface area (Å²) in [6.45, 7) is 0.215. The number of halogens is 2. The Hall–Kier alpha value is -0.850. The third-order valence-corrected chi connectivity index (χ3v) is 6.24. The molecule has 2 unspecified atom stereocenters. The molecule has 138 valence electrons. The molecule has 1 aromatic carbocycles. The molecule has 7 heteroatoms. The molecule has 5 atom stereocenters. The van der Waals surface area contributed by atoms with Gasteiger partial charge < -0.3 is 14.2 Å². The van der Waals surface area contributed by atoms with Crippen molar-refractivity contribution in [3.05, 3.63) is 33.8 Å². The van der Waals surface area contributed by atoms with Crippen LogP contribution in [0, 0.1) is 5.92 Å². The minimum atomic E-state index is -0.326. The van der Waals surface area contributed by atoms with Crippen LogP contribution in [0.15, 0.2) is 18.2 Å². The van der Waals surface area contributed by atoms with Gasteiger partial charge in [-0.15, -0.1) is 0 Å². The zero-order chi connectivity index (χ0) is 18.1. The highest BCUT2D eigenvalue weighted by Crippen LogP contribution is 2.48. The van der Waals surface area contributed by atoms with E-state index in [-0.39, 0.29) is 36.7 Å². The van der Waals surface area contributed by atoms with Gasteiger partial charge >= 0.3 is 5.97 Å². The molecular weight excluding hydrogens is 365 g/mol. The van der Waals surface area contributed by atoms with Gasteiger partial charge in [0.2, 0.25) is 0 Å². The standard InChI is InChI=1S/C18H23Cl2NO4/c1-21-11-7-12(10-4-5-13(19)14(20)6-10)16(18(22)24-3)17(21)15(8-11)25-9-23-2/h4-6,11-12,15-17H,7-9H2,1-3H3/t11?,12-,15+,16-,17?/m0/s1. The van der Waals surface area contributed by atoms with Gasteiger partial charge in [-0.25, -0.2) is 0 Å². The number of likely N-dealkylation sites (N-methyl/N-ethyl adjacent to an activating group) is 1. The van der Waals surface area contributed by atoms with E-state index in [2.05, 4.69) is 4.90 Å². The van der Waals surface area contributed by atoms with Gasteiger partial charge in [0.1, 0.15) is 6.79 Å². The van der Waals surface area contributed by atoms with Crippen LogP contribution < -0.4 is 0 Å². The number of carbonyl (C=O) groups is 1. The fourth-order valence-electron chi connectivity index (χ4n) is 4.35. The van der Waals surface area contributed by atoms with Gasteiger partial charge in [-0.2, -0.15) is 0 Å². The second-order valence-corrected chi connectivity index (χ2v) is 7.54. The fraction of sp³-hybridized carbons (Fsp3) is 0.611. The summed E-state index contributed by atoms with van der Waals surface area (Å²) in [4.78, 5) is 14.9. The number of methoxy groups -OCH3 is 2. The molecule has 0 aromatic heterocycles. The molecule has 25 heavy (non-hydrogen) atoms. The molecule has 0 N–H and O–H groups in total. The number of ether oxygens (including phenoxy) is 3. The van der Waals surface area contributed by atoms with Crippen LogP contribution in [0.4, 0.5) is 0 Å². The third kappa shape index (κ3) is 3.53. The van der Waals surface area contributed by atoms with Gasteiger partial charge in [0.05, 0.1) is 29.2 Å². The van der Waals surface area contributed by atoms with Crippen LogP contribution >= 0.6 is 23.2 Å². The molecule has 2 aliphatic rings. The smallest absolute Gasteiger partial charge is 0.310 e. The van der Waals surface area contributed by atoms with Crippen molar-refractivity contribution in [1.29, 1.82) is 0 Å². The van der Waals surface area contributed by atoms with E-state index in [1.807, 2.05) is 19.2 Å². The van der Waals surface area contributed by atoms with Crippen LogP contribution in [-0.4, -0.2) is 57.1 Å². The third-order valence-electron chi connectivity index (χ3n) is 5.50. The van der Waals surface area contributed by atoms with Gasteiger partial charge in [-0.3, -0.25) is 9.69 Å². The SMILES string of the molecule is COCO[C@@H]1CC2C[C@@H](c3ccc(Cl)c(Cl)c3)[C@H](C(=O)OC)C1N2C. The summed E-state index contributed by atoms with van der Waals surface area (Å²) in [7, 11) is 5.08. The number of rotatable bonds is 5. The summed E-state index contributed by atoms with van der Waals surface area (Å²) >= 11 is 12.3. The lowest BCUT2D eigenvalue weighted by molar-refractivity contribution is -0.154. The molecule has 2 fully saturated rings. The molecule has 5 nitrogen and oxygen atoms in total. The summed E-state index contributed by atoms with van der Waals surface area (Å²) in [6.07, 6.45) is 1.65.